The largest absolute Gasteiger partial charge is 0.477 e. The van der Waals surface area contributed by atoms with Gasteiger partial charge in [-0.3, -0.25) is 0 Å². The quantitative estimate of drug-likeness (QED) is 0.689. The third-order valence-corrected chi connectivity index (χ3v) is 4.16. The summed E-state index contributed by atoms with van der Waals surface area (Å²) < 4.78 is 27.4. The fourth-order valence-corrected chi connectivity index (χ4v) is 3.21. The van der Waals surface area contributed by atoms with E-state index in [-0.39, 0.29) is 20.9 Å². The molecular formula is C13H5BrF2N2O2S. The Kier molecular flexibility index (Phi) is 3.42. The molecule has 0 unspecified atom stereocenters. The summed E-state index contributed by atoms with van der Waals surface area (Å²) in [6.07, 6.45) is 0. The number of benzene rings is 1. The van der Waals surface area contributed by atoms with Crippen molar-refractivity contribution in [3.05, 3.63) is 45.5 Å². The van der Waals surface area contributed by atoms with Gasteiger partial charge in [-0.25, -0.2) is 23.5 Å². The van der Waals surface area contributed by atoms with Gasteiger partial charge in [-0.05, 0) is 34.1 Å². The Labute approximate surface area is 129 Å². The Morgan fingerprint density at radius 2 is 1.81 bits per heavy atom. The number of carboxylic acids is 1. The first kappa shape index (κ1) is 14.0. The number of carbonyl (C=O) groups is 1. The lowest BCUT2D eigenvalue weighted by Gasteiger charge is -2.04. The van der Waals surface area contributed by atoms with Crippen molar-refractivity contribution in [3.8, 4) is 11.3 Å². The van der Waals surface area contributed by atoms with Crippen molar-refractivity contribution in [1.82, 2.24) is 9.97 Å². The summed E-state index contributed by atoms with van der Waals surface area (Å²) in [6.45, 7) is 0. The van der Waals surface area contributed by atoms with E-state index >= 15 is 0 Å². The first-order valence-corrected chi connectivity index (χ1v) is 7.22. The molecule has 1 aromatic carbocycles. The fraction of sp³-hybridized carbons (Fsp3) is 0. The minimum absolute atomic E-state index is 0.0792. The number of carboxylic acid groups (broad SMARTS) is 1. The number of hydrogen-bond donors (Lipinski definition) is 1. The number of rotatable bonds is 2. The van der Waals surface area contributed by atoms with Gasteiger partial charge in [0.05, 0.1) is 15.9 Å². The van der Waals surface area contributed by atoms with Gasteiger partial charge < -0.3 is 5.11 Å². The van der Waals surface area contributed by atoms with Gasteiger partial charge in [-0.15, -0.1) is 11.3 Å². The van der Waals surface area contributed by atoms with Crippen LogP contribution in [0, 0.1) is 11.6 Å². The summed E-state index contributed by atoms with van der Waals surface area (Å²) in [4.78, 5) is 19.3. The van der Waals surface area contributed by atoms with E-state index in [0.717, 1.165) is 29.5 Å². The number of aromatic nitrogens is 2. The van der Waals surface area contributed by atoms with Crippen LogP contribution < -0.4 is 0 Å². The molecule has 4 nitrogen and oxygen atoms in total. The summed E-state index contributed by atoms with van der Waals surface area (Å²) in [6, 6.07) is 4.43. The molecule has 0 spiro atoms. The molecule has 0 fully saturated rings. The van der Waals surface area contributed by atoms with Crippen LogP contribution in [-0.2, 0) is 0 Å². The molecule has 2 aromatic heterocycles. The lowest BCUT2D eigenvalue weighted by Crippen LogP contribution is -1.91. The van der Waals surface area contributed by atoms with E-state index in [1.807, 2.05) is 0 Å². The number of halogens is 3. The number of thiophene rings is 1. The number of aromatic carboxylic acids is 1. The predicted octanol–water partition coefficient (Wildman–Crippen LogP) is 4.10. The van der Waals surface area contributed by atoms with Crippen LogP contribution in [0.1, 0.15) is 9.67 Å². The molecule has 0 saturated heterocycles. The van der Waals surface area contributed by atoms with Gasteiger partial charge in [0, 0.05) is 11.6 Å². The van der Waals surface area contributed by atoms with E-state index in [1.54, 1.807) is 0 Å². The first-order chi connectivity index (χ1) is 9.94. The topological polar surface area (TPSA) is 63.1 Å². The van der Waals surface area contributed by atoms with Crippen molar-refractivity contribution >= 4 is 43.5 Å². The molecule has 3 aromatic rings. The number of nitrogens with zero attached hydrogens (tertiary/aromatic N) is 2. The molecule has 0 atom stereocenters. The molecule has 3 rings (SSSR count). The van der Waals surface area contributed by atoms with Crippen LogP contribution in [0.3, 0.4) is 0 Å². The van der Waals surface area contributed by atoms with Crippen molar-refractivity contribution < 1.29 is 18.7 Å². The zero-order valence-corrected chi connectivity index (χ0v) is 12.5. The van der Waals surface area contributed by atoms with Crippen LogP contribution in [0.4, 0.5) is 8.78 Å². The van der Waals surface area contributed by atoms with Crippen LogP contribution >= 0.6 is 27.3 Å². The van der Waals surface area contributed by atoms with Crippen molar-refractivity contribution in [1.29, 1.82) is 0 Å². The molecule has 8 heteroatoms. The molecule has 106 valence electrons. The Morgan fingerprint density at radius 3 is 2.43 bits per heavy atom. The van der Waals surface area contributed by atoms with Crippen LogP contribution in [0.15, 0.2) is 29.0 Å². The molecule has 0 amide bonds. The summed E-state index contributed by atoms with van der Waals surface area (Å²) >= 11 is 4.07. The maximum atomic E-state index is 13.4. The van der Waals surface area contributed by atoms with E-state index in [9.17, 15) is 13.6 Å². The van der Waals surface area contributed by atoms with Gasteiger partial charge in [0.1, 0.15) is 16.5 Å². The van der Waals surface area contributed by atoms with Gasteiger partial charge in [-0.1, -0.05) is 0 Å². The predicted molar refractivity (Wildman–Crippen MR) is 77.4 cm³/mol. The molecule has 1 N–H and O–H groups in total. The second-order valence-electron chi connectivity index (χ2n) is 4.13. The standard InChI is InChI=1S/C13H5BrF2N2O2S/c14-13-17-8-4-9(12(19)20)21-11(8)10(18-13)5-1-6(15)3-7(16)2-5/h1-4H,(H,19,20). The second kappa shape index (κ2) is 5.12. The zero-order valence-electron chi connectivity index (χ0n) is 10.1. The van der Waals surface area contributed by atoms with Crippen LogP contribution in [0.25, 0.3) is 21.5 Å². The third kappa shape index (κ3) is 2.64. The minimum Gasteiger partial charge on any atom is -0.477 e. The molecule has 0 aliphatic rings. The van der Waals surface area contributed by atoms with Crippen LogP contribution in [0.5, 0.6) is 0 Å². The van der Waals surface area contributed by atoms with E-state index < -0.39 is 17.6 Å². The summed E-state index contributed by atoms with van der Waals surface area (Å²) in [5, 5.41) is 9.04. The smallest absolute Gasteiger partial charge is 0.345 e. The average molecular weight is 371 g/mol. The van der Waals surface area contributed by atoms with E-state index in [0.29, 0.717) is 10.2 Å². The summed E-state index contributed by atoms with van der Waals surface area (Å²) in [5.74, 6) is -2.56. The summed E-state index contributed by atoms with van der Waals surface area (Å²) in [5.41, 5.74) is 0.904. The molecule has 0 bridgehead atoms. The fourth-order valence-electron chi connectivity index (χ4n) is 1.89. The molecule has 2 heterocycles. The van der Waals surface area contributed by atoms with Gasteiger partial charge in [0.2, 0.25) is 0 Å². The molecule has 0 aliphatic heterocycles. The normalized spacial score (nSPS) is 11.0. The third-order valence-electron chi connectivity index (χ3n) is 2.69. The molecule has 0 radical (unpaired) electrons. The molecule has 0 saturated carbocycles. The van der Waals surface area contributed by atoms with Gasteiger partial charge in [0.25, 0.3) is 0 Å². The van der Waals surface area contributed by atoms with Crippen LogP contribution in [0.2, 0.25) is 0 Å². The van der Waals surface area contributed by atoms with E-state index in [1.165, 1.54) is 6.07 Å². The zero-order chi connectivity index (χ0) is 15.1. The monoisotopic (exact) mass is 370 g/mol. The van der Waals surface area contributed by atoms with Crippen molar-refractivity contribution in [2.45, 2.75) is 0 Å². The van der Waals surface area contributed by atoms with Crippen molar-refractivity contribution in [3.63, 3.8) is 0 Å². The van der Waals surface area contributed by atoms with Gasteiger partial charge in [-0.2, -0.15) is 0 Å². The second-order valence-corrected chi connectivity index (χ2v) is 5.89. The first-order valence-electron chi connectivity index (χ1n) is 5.61. The number of hydrogen-bond acceptors (Lipinski definition) is 4. The summed E-state index contributed by atoms with van der Waals surface area (Å²) in [7, 11) is 0. The lowest BCUT2D eigenvalue weighted by atomic mass is 10.1. The maximum absolute atomic E-state index is 13.4. The Bertz CT molecular complexity index is 862. The maximum Gasteiger partial charge on any atom is 0.345 e. The highest BCUT2D eigenvalue weighted by Gasteiger charge is 2.16. The van der Waals surface area contributed by atoms with Gasteiger partial charge in [0.15, 0.2) is 4.73 Å². The lowest BCUT2D eigenvalue weighted by molar-refractivity contribution is 0.0702. The van der Waals surface area contributed by atoms with Crippen molar-refractivity contribution in [2.75, 3.05) is 0 Å². The highest BCUT2D eigenvalue weighted by atomic mass is 79.9. The van der Waals surface area contributed by atoms with E-state index in [4.69, 9.17) is 5.11 Å². The number of fused-ring (bicyclic) bond motifs is 1. The highest BCUT2D eigenvalue weighted by molar-refractivity contribution is 9.10. The Balaban J connectivity index is 2.32. The molecule has 0 aliphatic carbocycles. The average Bonchev–Trinajstić information content (AvgIpc) is 2.80. The minimum atomic E-state index is -1.09. The van der Waals surface area contributed by atoms with Crippen molar-refractivity contribution in [2.24, 2.45) is 0 Å². The molecular weight excluding hydrogens is 366 g/mol. The Morgan fingerprint density at radius 1 is 1.14 bits per heavy atom. The van der Waals surface area contributed by atoms with Crippen LogP contribution in [-0.4, -0.2) is 21.0 Å². The van der Waals surface area contributed by atoms with Gasteiger partial charge >= 0.3 is 5.97 Å². The highest BCUT2D eigenvalue weighted by Crippen LogP contribution is 2.34. The SMILES string of the molecule is O=C(O)c1cc2nc(Br)nc(-c3cc(F)cc(F)c3)c2s1. The Hall–Kier alpha value is -1.93. The molecule has 21 heavy (non-hydrogen) atoms. The van der Waals surface area contributed by atoms with E-state index in [2.05, 4.69) is 25.9 Å².